The maximum absolute atomic E-state index is 13.6. The smallest absolute Gasteiger partial charge is 0.207 e. The summed E-state index contributed by atoms with van der Waals surface area (Å²) in [6.45, 7) is 8.69. The number of hydrogen-bond acceptors (Lipinski definition) is 2. The number of hydrogen-bond donors (Lipinski definition) is 0. The van der Waals surface area contributed by atoms with E-state index in [2.05, 4.69) is 0 Å². The Morgan fingerprint density at radius 1 is 0.963 bits per heavy atom. The molecule has 1 aliphatic rings. The van der Waals surface area contributed by atoms with Crippen LogP contribution in [0.5, 0.6) is 0 Å². The normalized spacial score (nSPS) is 19.1. The molecule has 0 spiro atoms. The molecule has 0 N–H and O–H groups in total. The van der Waals surface area contributed by atoms with Gasteiger partial charge >= 0.3 is 0 Å². The van der Waals surface area contributed by atoms with Gasteiger partial charge in [-0.15, -0.1) is 0 Å². The monoisotopic (exact) mass is 389 g/mol. The maximum Gasteiger partial charge on any atom is 0.243 e. The number of nitrogens with zero attached hydrogens (tertiary/aromatic N) is 1. The molecule has 2 aromatic carbocycles. The Bertz CT molecular complexity index is 910. The first kappa shape index (κ1) is 20.0. The van der Waals surface area contributed by atoms with Crippen LogP contribution in [0.15, 0.2) is 35.2 Å². The Hall–Kier alpha value is -1.72. The van der Waals surface area contributed by atoms with Crippen LogP contribution in [0.2, 0.25) is 0 Å². The highest BCUT2D eigenvalue weighted by Gasteiger charge is 2.32. The summed E-state index contributed by atoms with van der Waals surface area (Å²) in [5, 5.41) is 0. The molecule has 0 saturated carbocycles. The molecule has 1 atom stereocenters. The zero-order chi connectivity index (χ0) is 19.8. The van der Waals surface area contributed by atoms with Gasteiger partial charge in [-0.05, 0) is 86.4 Å². The van der Waals surface area contributed by atoms with Crippen molar-refractivity contribution in [2.24, 2.45) is 0 Å². The largest absolute Gasteiger partial charge is 0.243 e. The van der Waals surface area contributed by atoms with E-state index < -0.39 is 10.0 Å². The van der Waals surface area contributed by atoms with Crippen molar-refractivity contribution in [3.8, 4) is 0 Å². The minimum absolute atomic E-state index is 0.0920. The van der Waals surface area contributed by atoms with Crippen LogP contribution in [0.3, 0.4) is 0 Å². The Morgan fingerprint density at radius 3 is 2.15 bits per heavy atom. The number of sulfonamides is 1. The first-order chi connectivity index (χ1) is 12.7. The van der Waals surface area contributed by atoms with Crippen molar-refractivity contribution in [1.82, 2.24) is 4.31 Å². The van der Waals surface area contributed by atoms with E-state index in [4.69, 9.17) is 0 Å². The van der Waals surface area contributed by atoms with E-state index in [9.17, 15) is 12.8 Å². The van der Waals surface area contributed by atoms with Gasteiger partial charge in [0.15, 0.2) is 0 Å². The van der Waals surface area contributed by atoms with Gasteiger partial charge in [0.25, 0.3) is 0 Å². The lowest BCUT2D eigenvalue weighted by atomic mass is 9.95. The van der Waals surface area contributed by atoms with Gasteiger partial charge in [0.1, 0.15) is 5.82 Å². The van der Waals surface area contributed by atoms with Crippen LogP contribution in [0.4, 0.5) is 4.39 Å². The third-order valence-electron chi connectivity index (χ3n) is 5.87. The van der Waals surface area contributed by atoms with Crippen LogP contribution in [-0.4, -0.2) is 25.8 Å². The van der Waals surface area contributed by atoms with Gasteiger partial charge in [-0.2, -0.15) is 4.31 Å². The molecular formula is C22H28FNO2S. The molecular weight excluding hydrogens is 361 g/mol. The number of rotatable bonds is 3. The average molecular weight is 390 g/mol. The SMILES string of the molecule is Cc1cc(C)c(C)c(S(=O)(=O)N2CCCCC(c3ccc(F)cc3)C2)c1C. The minimum atomic E-state index is -3.58. The summed E-state index contributed by atoms with van der Waals surface area (Å²) in [6.07, 6.45) is 2.74. The van der Waals surface area contributed by atoms with E-state index in [1.54, 1.807) is 16.4 Å². The fraction of sp³-hybridized carbons (Fsp3) is 0.455. The molecule has 0 aromatic heterocycles. The third-order valence-corrected chi connectivity index (χ3v) is 8.01. The molecule has 0 radical (unpaired) electrons. The summed E-state index contributed by atoms with van der Waals surface area (Å²) >= 11 is 0. The fourth-order valence-electron chi connectivity index (χ4n) is 4.03. The zero-order valence-electron chi connectivity index (χ0n) is 16.5. The maximum atomic E-state index is 13.6. The summed E-state index contributed by atoms with van der Waals surface area (Å²) in [6, 6.07) is 8.52. The second kappa shape index (κ2) is 7.72. The molecule has 0 aliphatic carbocycles. The highest BCUT2D eigenvalue weighted by Crippen LogP contribution is 2.33. The van der Waals surface area contributed by atoms with Crippen molar-refractivity contribution in [2.45, 2.75) is 57.8 Å². The summed E-state index contributed by atoms with van der Waals surface area (Å²) < 4.78 is 42.1. The minimum Gasteiger partial charge on any atom is -0.207 e. The predicted octanol–water partition coefficient (Wildman–Crippen LogP) is 5.02. The zero-order valence-corrected chi connectivity index (χ0v) is 17.4. The molecule has 1 saturated heterocycles. The van der Waals surface area contributed by atoms with E-state index in [0.717, 1.165) is 47.1 Å². The molecule has 0 amide bonds. The van der Waals surface area contributed by atoms with Crippen LogP contribution in [0.1, 0.15) is 53.0 Å². The van der Waals surface area contributed by atoms with Crippen LogP contribution in [-0.2, 0) is 10.0 Å². The lowest BCUT2D eigenvalue weighted by Gasteiger charge is -2.27. The van der Waals surface area contributed by atoms with E-state index in [1.165, 1.54) is 12.1 Å². The van der Waals surface area contributed by atoms with Crippen molar-refractivity contribution in [3.63, 3.8) is 0 Å². The number of halogens is 1. The first-order valence-corrected chi connectivity index (χ1v) is 11.0. The molecule has 5 heteroatoms. The Morgan fingerprint density at radius 2 is 1.56 bits per heavy atom. The van der Waals surface area contributed by atoms with Crippen LogP contribution < -0.4 is 0 Å². The van der Waals surface area contributed by atoms with Gasteiger partial charge < -0.3 is 0 Å². The van der Waals surface area contributed by atoms with Crippen LogP contribution in [0, 0.1) is 33.5 Å². The summed E-state index contributed by atoms with van der Waals surface area (Å²) in [5.41, 5.74) is 4.68. The van der Waals surface area contributed by atoms with E-state index in [-0.39, 0.29) is 11.7 Å². The molecule has 146 valence electrons. The fourth-order valence-corrected chi connectivity index (χ4v) is 6.13. The molecule has 27 heavy (non-hydrogen) atoms. The second-order valence-corrected chi connectivity index (χ2v) is 9.57. The van der Waals surface area contributed by atoms with Crippen molar-refractivity contribution in [1.29, 1.82) is 0 Å². The van der Waals surface area contributed by atoms with E-state index in [0.29, 0.717) is 18.0 Å². The predicted molar refractivity (Wildman–Crippen MR) is 107 cm³/mol. The quantitative estimate of drug-likeness (QED) is 0.739. The van der Waals surface area contributed by atoms with Gasteiger partial charge in [0.2, 0.25) is 10.0 Å². The van der Waals surface area contributed by atoms with Gasteiger partial charge in [-0.25, -0.2) is 12.8 Å². The summed E-state index contributed by atoms with van der Waals surface area (Å²) in [4.78, 5) is 0.458. The van der Waals surface area contributed by atoms with Crippen molar-refractivity contribution in [3.05, 3.63) is 64.0 Å². The standard InChI is InChI=1S/C22H28FNO2S/c1-15-13-16(2)18(4)22(17(15)3)27(25,26)24-12-6-5-7-20(14-24)19-8-10-21(23)11-9-19/h8-11,13,20H,5-7,12,14H2,1-4H3. The Labute approximate surface area is 162 Å². The highest BCUT2D eigenvalue weighted by molar-refractivity contribution is 7.89. The van der Waals surface area contributed by atoms with Crippen molar-refractivity contribution < 1.29 is 12.8 Å². The van der Waals surface area contributed by atoms with Crippen LogP contribution >= 0.6 is 0 Å². The summed E-state index contributed by atoms with van der Waals surface area (Å²) in [5.74, 6) is -0.173. The average Bonchev–Trinajstić information content (AvgIpc) is 2.87. The third kappa shape index (κ3) is 3.94. The Balaban J connectivity index is 2.00. The molecule has 1 heterocycles. The van der Waals surface area contributed by atoms with E-state index in [1.807, 2.05) is 33.8 Å². The van der Waals surface area contributed by atoms with Crippen LogP contribution in [0.25, 0.3) is 0 Å². The first-order valence-electron chi connectivity index (χ1n) is 9.55. The number of aryl methyl sites for hydroxylation is 2. The molecule has 2 aromatic rings. The molecule has 3 nitrogen and oxygen atoms in total. The topological polar surface area (TPSA) is 37.4 Å². The van der Waals surface area contributed by atoms with Gasteiger partial charge in [-0.1, -0.05) is 24.6 Å². The van der Waals surface area contributed by atoms with Crippen molar-refractivity contribution in [2.75, 3.05) is 13.1 Å². The van der Waals surface area contributed by atoms with E-state index >= 15 is 0 Å². The van der Waals surface area contributed by atoms with Gasteiger partial charge in [-0.3, -0.25) is 0 Å². The lowest BCUT2D eigenvalue weighted by molar-refractivity contribution is 0.405. The molecule has 1 unspecified atom stereocenters. The number of benzene rings is 2. The lowest BCUT2D eigenvalue weighted by Crippen LogP contribution is -2.35. The molecule has 3 rings (SSSR count). The second-order valence-electron chi connectivity index (χ2n) is 7.70. The van der Waals surface area contributed by atoms with Gasteiger partial charge in [0, 0.05) is 13.1 Å². The Kier molecular flexibility index (Phi) is 5.73. The molecule has 1 fully saturated rings. The summed E-state index contributed by atoms with van der Waals surface area (Å²) in [7, 11) is -3.58. The molecule has 1 aliphatic heterocycles. The molecule has 0 bridgehead atoms. The van der Waals surface area contributed by atoms with Crippen molar-refractivity contribution >= 4 is 10.0 Å². The highest BCUT2D eigenvalue weighted by atomic mass is 32.2. The van der Waals surface area contributed by atoms with Gasteiger partial charge in [0.05, 0.1) is 4.90 Å².